The van der Waals surface area contributed by atoms with Gasteiger partial charge in [0.2, 0.25) is 5.82 Å². The van der Waals surface area contributed by atoms with Crippen LogP contribution in [0.3, 0.4) is 0 Å². The minimum Gasteiger partial charge on any atom is -0.309 e. The van der Waals surface area contributed by atoms with Crippen molar-refractivity contribution in [1.29, 1.82) is 0 Å². The van der Waals surface area contributed by atoms with Gasteiger partial charge >= 0.3 is 0 Å². The van der Waals surface area contributed by atoms with Crippen LogP contribution in [0.1, 0.15) is 0 Å². The molecule has 1 aromatic carbocycles. The second-order valence-corrected chi connectivity index (χ2v) is 6.40. The second-order valence-electron chi connectivity index (χ2n) is 4.01. The molecule has 0 fully saturated rings. The Labute approximate surface area is 130 Å². The summed E-state index contributed by atoms with van der Waals surface area (Å²) in [5.74, 6) is -3.96. The lowest BCUT2D eigenvalue weighted by molar-refractivity contribution is 0.00420. The molecule has 0 atom stereocenters. The van der Waals surface area contributed by atoms with E-state index in [4.69, 9.17) is 0 Å². The zero-order valence-electron chi connectivity index (χ0n) is 11.0. The van der Waals surface area contributed by atoms with Gasteiger partial charge in [0.15, 0.2) is 5.82 Å². The number of nitrogens with zero attached hydrogens (tertiary/aromatic N) is 1. The van der Waals surface area contributed by atoms with Crippen molar-refractivity contribution in [3.05, 3.63) is 44.4 Å². The minimum absolute atomic E-state index is 0.00426. The molecular weight excluding hydrogens is 398 g/mol. The smallest absolute Gasteiger partial charge is 0.295 e. The van der Waals surface area contributed by atoms with Crippen molar-refractivity contribution >= 4 is 37.0 Å². The van der Waals surface area contributed by atoms with Crippen LogP contribution in [0, 0.1) is 17.5 Å². The van der Waals surface area contributed by atoms with Crippen molar-refractivity contribution < 1.29 is 30.5 Å². The van der Waals surface area contributed by atoms with Crippen LogP contribution in [-0.4, -0.2) is 19.2 Å². The van der Waals surface area contributed by atoms with Crippen LogP contribution in [-0.2, 0) is 21.6 Å². The van der Waals surface area contributed by atoms with E-state index in [0.29, 0.717) is 6.26 Å². The van der Waals surface area contributed by atoms with Crippen molar-refractivity contribution in [3.8, 4) is 0 Å². The van der Waals surface area contributed by atoms with E-state index in [0.717, 1.165) is 4.57 Å². The van der Waals surface area contributed by atoms with Gasteiger partial charge in [0.25, 0.3) is 15.7 Å². The first-order chi connectivity index (χ1) is 10.0. The molecule has 1 heterocycles. The number of pyridine rings is 1. The summed E-state index contributed by atoms with van der Waals surface area (Å²) in [5, 5.41) is -0.533. The summed E-state index contributed by atoms with van der Waals surface area (Å²) in [6, 6.07) is 2.67. The summed E-state index contributed by atoms with van der Waals surface area (Å²) in [7, 11) is -2.58. The highest BCUT2D eigenvalue weighted by atomic mass is 79.9. The van der Waals surface area contributed by atoms with E-state index in [1.54, 1.807) is 0 Å². The van der Waals surface area contributed by atoms with E-state index in [9.17, 15) is 30.9 Å². The average molecular weight is 406 g/mol. The van der Waals surface area contributed by atoms with E-state index in [1.165, 1.54) is 19.2 Å². The summed E-state index contributed by atoms with van der Waals surface area (Å²) in [4.78, 5) is 11.2. The predicted molar refractivity (Wildman–Crippen MR) is 73.8 cm³/mol. The summed E-state index contributed by atoms with van der Waals surface area (Å²) >= 11 is 2.87. The Morgan fingerprint density at radius 1 is 1.14 bits per heavy atom. The molecule has 0 unspecified atom stereocenters. The summed E-state index contributed by atoms with van der Waals surface area (Å²) in [6.45, 7) is 0. The third-order valence-corrected chi connectivity index (χ3v) is 3.29. The fourth-order valence-corrected chi connectivity index (χ4v) is 1.82. The number of hydrogen-bond acceptors (Lipinski definition) is 4. The Morgan fingerprint density at radius 3 is 2.09 bits per heavy atom. The highest BCUT2D eigenvalue weighted by Crippen LogP contribution is 2.26. The Kier molecular flexibility index (Phi) is 5.70. The van der Waals surface area contributed by atoms with E-state index < -0.39 is 38.5 Å². The minimum atomic E-state index is -3.83. The first-order valence-corrected chi connectivity index (χ1v) is 7.94. The third-order valence-electron chi connectivity index (χ3n) is 2.45. The quantitative estimate of drug-likeness (QED) is 0.683. The molecule has 0 aliphatic heterocycles. The van der Waals surface area contributed by atoms with Crippen molar-refractivity contribution in [2.24, 2.45) is 7.05 Å². The predicted octanol–water partition coefficient (Wildman–Crippen LogP) is 2.57. The van der Waals surface area contributed by atoms with Gasteiger partial charge in [-0.25, -0.2) is 8.78 Å². The topological polar surface area (TPSA) is 65.4 Å². The van der Waals surface area contributed by atoms with Crippen LogP contribution in [0.5, 0.6) is 0 Å². The highest BCUT2D eigenvalue weighted by molar-refractivity contribution is 9.10. The van der Waals surface area contributed by atoms with Gasteiger partial charge in [-0.3, -0.25) is 4.79 Å². The molecule has 1 aromatic heterocycles. The second kappa shape index (κ2) is 6.75. The molecule has 0 amide bonds. The van der Waals surface area contributed by atoms with Gasteiger partial charge in [0.05, 0.1) is 21.6 Å². The van der Waals surface area contributed by atoms with Gasteiger partial charge in [-0.2, -0.15) is 12.8 Å². The molecule has 0 aliphatic rings. The lowest BCUT2D eigenvalue weighted by atomic mass is 10.2. The van der Waals surface area contributed by atoms with Crippen molar-refractivity contribution in [1.82, 2.24) is 4.57 Å². The Morgan fingerprint density at radius 2 is 1.64 bits per heavy atom. The molecule has 0 radical (unpaired) electrons. The maximum absolute atomic E-state index is 13.6. The number of fused-ring (bicyclic) bond motifs is 1. The van der Waals surface area contributed by atoms with Gasteiger partial charge in [0, 0.05) is 7.05 Å². The van der Waals surface area contributed by atoms with E-state index >= 15 is 0 Å². The molecule has 122 valence electrons. The number of hydrogen-bond donors (Lipinski definition) is 0. The molecule has 5 nitrogen and oxygen atoms in total. The van der Waals surface area contributed by atoms with Crippen molar-refractivity contribution in [3.63, 3.8) is 0 Å². The molecule has 22 heavy (non-hydrogen) atoms. The van der Waals surface area contributed by atoms with Gasteiger partial charge in [0.1, 0.15) is 5.82 Å². The SMILES string of the molecule is CS(=O)(=O)OF.Cn1c(=O)c(F)c(F)c2c(F)c(Br)ccc21. The standard InChI is InChI=1S/C10H5BrF3NO.CH3FO3S/c1-15-5-3-2-4(11)7(12)6(5)8(13)9(14)10(15)16;1-6(3,4)5-2/h2-3H,1H3;1H3. The maximum atomic E-state index is 13.6. The van der Waals surface area contributed by atoms with Crippen LogP contribution in [0.25, 0.3) is 10.9 Å². The molecule has 0 saturated heterocycles. The lowest BCUT2D eigenvalue weighted by Gasteiger charge is -2.08. The molecule has 0 bridgehead atoms. The largest absolute Gasteiger partial charge is 0.309 e. The van der Waals surface area contributed by atoms with E-state index in [-0.39, 0.29) is 9.99 Å². The average Bonchev–Trinajstić information content (AvgIpc) is 2.45. The number of aryl methyl sites for hydroxylation is 1. The zero-order chi connectivity index (χ0) is 17.2. The fourth-order valence-electron chi connectivity index (χ4n) is 1.49. The van der Waals surface area contributed by atoms with Gasteiger partial charge < -0.3 is 4.57 Å². The van der Waals surface area contributed by atoms with Crippen LogP contribution < -0.4 is 5.56 Å². The number of aromatic nitrogens is 1. The first kappa shape index (κ1) is 18.6. The summed E-state index contributed by atoms with van der Waals surface area (Å²) in [5.41, 5.74) is -1.11. The monoisotopic (exact) mass is 405 g/mol. The fraction of sp³-hybridized carbons (Fsp3) is 0.182. The van der Waals surface area contributed by atoms with Gasteiger partial charge in [-0.1, -0.05) is 4.39 Å². The Hall–Kier alpha value is -1.46. The van der Waals surface area contributed by atoms with Crippen LogP contribution in [0.4, 0.5) is 17.7 Å². The molecule has 2 aromatic rings. The Bertz CT molecular complexity index is 882. The summed E-state index contributed by atoms with van der Waals surface area (Å²) < 4.78 is 72.7. The first-order valence-electron chi connectivity index (χ1n) is 5.33. The van der Waals surface area contributed by atoms with Crippen LogP contribution in [0.15, 0.2) is 21.4 Å². The molecule has 0 saturated carbocycles. The maximum Gasteiger partial charge on any atom is 0.295 e. The lowest BCUT2D eigenvalue weighted by Crippen LogP contribution is -2.22. The van der Waals surface area contributed by atoms with Gasteiger partial charge in [-0.15, -0.1) is 0 Å². The highest BCUT2D eigenvalue weighted by Gasteiger charge is 2.19. The molecule has 0 aliphatic carbocycles. The third kappa shape index (κ3) is 3.84. The molecule has 0 spiro atoms. The van der Waals surface area contributed by atoms with Crippen molar-refractivity contribution in [2.45, 2.75) is 0 Å². The molecule has 0 N–H and O–H groups in total. The number of rotatable bonds is 1. The van der Waals surface area contributed by atoms with Gasteiger partial charge in [-0.05, 0) is 32.6 Å². The van der Waals surface area contributed by atoms with Crippen molar-refractivity contribution in [2.75, 3.05) is 6.26 Å². The zero-order valence-corrected chi connectivity index (χ0v) is 13.4. The van der Waals surface area contributed by atoms with Crippen LogP contribution in [0.2, 0.25) is 0 Å². The number of halogens is 5. The summed E-state index contributed by atoms with van der Waals surface area (Å²) in [6.07, 6.45) is 0.618. The van der Waals surface area contributed by atoms with E-state index in [1.807, 2.05) is 0 Å². The van der Waals surface area contributed by atoms with Crippen LogP contribution >= 0.6 is 15.9 Å². The molecule has 11 heteroatoms. The normalized spacial score (nSPS) is 11.2. The molecular formula is C11H8BrF4NO4S. The number of benzene rings is 1. The Balaban J connectivity index is 0.000000346. The molecule has 2 rings (SSSR count). The van der Waals surface area contributed by atoms with E-state index in [2.05, 4.69) is 20.3 Å².